The van der Waals surface area contributed by atoms with Crippen LogP contribution in [-0.2, 0) is 0 Å². The highest BCUT2D eigenvalue weighted by Gasteiger charge is 2.17. The molecule has 3 N–H and O–H groups in total. The van der Waals surface area contributed by atoms with E-state index in [4.69, 9.17) is 10.5 Å². The van der Waals surface area contributed by atoms with Crippen LogP contribution in [0.3, 0.4) is 0 Å². The maximum absolute atomic E-state index is 14.1. The van der Waals surface area contributed by atoms with E-state index >= 15 is 0 Å². The zero-order valence-electron chi connectivity index (χ0n) is 13.1. The molecule has 0 aliphatic rings. The fourth-order valence-corrected chi connectivity index (χ4v) is 2.23. The number of nitrogens with zero attached hydrogens (tertiary/aromatic N) is 4. The topological polar surface area (TPSA) is 107 Å². The first-order valence-corrected chi connectivity index (χ1v) is 7.19. The molecule has 0 unspecified atom stereocenters. The SMILES string of the molecule is CCOc1nc(N)ncc1C(=O)Nc1cc(F)c2nc(C)cn2c1. The van der Waals surface area contributed by atoms with Crippen molar-refractivity contribution >= 4 is 23.2 Å². The predicted molar refractivity (Wildman–Crippen MR) is 85.5 cm³/mol. The number of carbonyl (C=O) groups is 1. The molecule has 124 valence electrons. The van der Waals surface area contributed by atoms with Crippen LogP contribution in [0.4, 0.5) is 16.0 Å². The van der Waals surface area contributed by atoms with Gasteiger partial charge in [0.15, 0.2) is 11.5 Å². The molecule has 3 rings (SSSR count). The highest BCUT2D eigenvalue weighted by atomic mass is 19.1. The number of hydrogen-bond donors (Lipinski definition) is 2. The number of imidazole rings is 1. The number of amides is 1. The van der Waals surface area contributed by atoms with Gasteiger partial charge in [-0.15, -0.1) is 0 Å². The van der Waals surface area contributed by atoms with Gasteiger partial charge in [0.2, 0.25) is 11.8 Å². The lowest BCUT2D eigenvalue weighted by Gasteiger charge is -2.10. The number of anilines is 2. The van der Waals surface area contributed by atoms with Crippen molar-refractivity contribution in [2.24, 2.45) is 0 Å². The zero-order chi connectivity index (χ0) is 17.3. The number of hydrogen-bond acceptors (Lipinski definition) is 6. The van der Waals surface area contributed by atoms with Gasteiger partial charge in [0, 0.05) is 24.7 Å². The van der Waals surface area contributed by atoms with Crippen molar-refractivity contribution in [2.45, 2.75) is 13.8 Å². The first kappa shape index (κ1) is 15.7. The van der Waals surface area contributed by atoms with Crippen molar-refractivity contribution < 1.29 is 13.9 Å². The van der Waals surface area contributed by atoms with Gasteiger partial charge in [0.05, 0.1) is 18.0 Å². The molecule has 24 heavy (non-hydrogen) atoms. The monoisotopic (exact) mass is 330 g/mol. The maximum Gasteiger partial charge on any atom is 0.262 e. The molecule has 8 nitrogen and oxygen atoms in total. The summed E-state index contributed by atoms with van der Waals surface area (Å²) in [6.45, 7) is 3.82. The van der Waals surface area contributed by atoms with Crippen molar-refractivity contribution in [1.29, 1.82) is 0 Å². The smallest absolute Gasteiger partial charge is 0.262 e. The molecule has 0 aliphatic heterocycles. The Morgan fingerprint density at radius 2 is 2.21 bits per heavy atom. The molecule has 3 heterocycles. The van der Waals surface area contributed by atoms with E-state index in [1.807, 2.05) is 0 Å². The van der Waals surface area contributed by atoms with Crippen molar-refractivity contribution in [3.63, 3.8) is 0 Å². The molecule has 1 amide bonds. The first-order chi connectivity index (χ1) is 11.5. The van der Waals surface area contributed by atoms with E-state index in [0.717, 1.165) is 0 Å². The van der Waals surface area contributed by atoms with Gasteiger partial charge < -0.3 is 20.2 Å². The molecule has 0 saturated carbocycles. The van der Waals surface area contributed by atoms with Crippen LogP contribution in [0.5, 0.6) is 5.88 Å². The van der Waals surface area contributed by atoms with Gasteiger partial charge in [0.25, 0.3) is 5.91 Å². The summed E-state index contributed by atoms with van der Waals surface area (Å²) in [5, 5.41) is 2.59. The van der Waals surface area contributed by atoms with Gasteiger partial charge in [-0.2, -0.15) is 4.98 Å². The molecule has 0 radical (unpaired) electrons. The normalized spacial score (nSPS) is 10.8. The van der Waals surface area contributed by atoms with Crippen LogP contribution in [-0.4, -0.2) is 31.9 Å². The third-order valence-corrected chi connectivity index (χ3v) is 3.18. The number of fused-ring (bicyclic) bond motifs is 1. The Kier molecular flexibility index (Phi) is 3.98. The molecule has 0 aromatic carbocycles. The molecule has 0 spiro atoms. The minimum atomic E-state index is -0.542. The van der Waals surface area contributed by atoms with Crippen molar-refractivity contribution in [1.82, 2.24) is 19.4 Å². The maximum atomic E-state index is 14.1. The molecular weight excluding hydrogens is 315 g/mol. The number of nitrogen functional groups attached to an aromatic ring is 1. The second-order valence-corrected chi connectivity index (χ2v) is 5.02. The van der Waals surface area contributed by atoms with Gasteiger partial charge in [-0.3, -0.25) is 4.79 Å². The average molecular weight is 330 g/mol. The number of carbonyl (C=O) groups excluding carboxylic acids is 1. The Labute approximate surface area is 136 Å². The molecule has 0 aliphatic carbocycles. The molecule has 0 fully saturated rings. The number of nitrogens with one attached hydrogen (secondary N) is 1. The molecule has 0 atom stereocenters. The molecule has 3 aromatic rings. The largest absolute Gasteiger partial charge is 0.477 e. The van der Waals surface area contributed by atoms with E-state index in [2.05, 4.69) is 20.3 Å². The summed E-state index contributed by atoms with van der Waals surface area (Å²) in [6.07, 6.45) is 4.49. The Morgan fingerprint density at radius 3 is 2.96 bits per heavy atom. The second-order valence-electron chi connectivity index (χ2n) is 5.02. The van der Waals surface area contributed by atoms with Crippen LogP contribution >= 0.6 is 0 Å². The molecule has 3 aromatic heterocycles. The molecule has 0 bridgehead atoms. The number of halogens is 1. The molecular formula is C15H15FN6O2. The third kappa shape index (κ3) is 2.96. The Hall–Kier alpha value is -3.23. The Morgan fingerprint density at radius 1 is 1.42 bits per heavy atom. The van der Waals surface area contributed by atoms with Gasteiger partial charge in [-0.1, -0.05) is 0 Å². The lowest BCUT2D eigenvalue weighted by Crippen LogP contribution is -2.16. The number of ether oxygens (including phenoxy) is 1. The summed E-state index contributed by atoms with van der Waals surface area (Å²) in [6, 6.07) is 1.19. The van der Waals surface area contributed by atoms with Crippen LogP contribution in [0.25, 0.3) is 5.65 Å². The van der Waals surface area contributed by atoms with Crippen LogP contribution in [0, 0.1) is 12.7 Å². The van der Waals surface area contributed by atoms with Gasteiger partial charge >= 0.3 is 0 Å². The van der Waals surface area contributed by atoms with E-state index in [-0.39, 0.29) is 28.7 Å². The van der Waals surface area contributed by atoms with Gasteiger partial charge in [-0.05, 0) is 13.8 Å². The fraction of sp³-hybridized carbons (Fsp3) is 0.200. The molecule has 9 heteroatoms. The predicted octanol–water partition coefficient (Wildman–Crippen LogP) is 1.81. The standard InChI is InChI=1S/C15H15FN6O2/c1-3-24-14-10(5-18-15(17)21-14)13(23)20-9-4-11(16)12-19-8(2)6-22(12)7-9/h4-7H,3H2,1-2H3,(H,20,23)(H2,17,18,21). The fourth-order valence-electron chi connectivity index (χ4n) is 2.23. The van der Waals surface area contributed by atoms with E-state index in [0.29, 0.717) is 12.3 Å². The van der Waals surface area contributed by atoms with Crippen LogP contribution in [0.1, 0.15) is 23.0 Å². The van der Waals surface area contributed by atoms with Crippen molar-refractivity contribution in [2.75, 3.05) is 17.7 Å². The lowest BCUT2D eigenvalue weighted by atomic mass is 10.3. The highest BCUT2D eigenvalue weighted by molar-refractivity contribution is 6.05. The highest BCUT2D eigenvalue weighted by Crippen LogP contribution is 2.20. The summed E-state index contributed by atoms with van der Waals surface area (Å²) in [5.74, 6) is -1.01. The minimum Gasteiger partial charge on any atom is -0.477 e. The number of rotatable bonds is 4. The number of aromatic nitrogens is 4. The van der Waals surface area contributed by atoms with E-state index in [1.165, 1.54) is 16.7 Å². The van der Waals surface area contributed by atoms with E-state index in [1.54, 1.807) is 26.2 Å². The summed E-state index contributed by atoms with van der Waals surface area (Å²) in [4.78, 5) is 24.2. The number of nitrogens with two attached hydrogens (primary N) is 1. The quantitative estimate of drug-likeness (QED) is 0.755. The van der Waals surface area contributed by atoms with Crippen molar-refractivity contribution in [3.05, 3.63) is 41.7 Å². The number of pyridine rings is 1. The first-order valence-electron chi connectivity index (χ1n) is 7.19. The van der Waals surface area contributed by atoms with Crippen LogP contribution in [0.2, 0.25) is 0 Å². The number of aryl methyl sites for hydroxylation is 1. The Bertz CT molecular complexity index is 924. The van der Waals surface area contributed by atoms with Crippen molar-refractivity contribution in [3.8, 4) is 5.88 Å². The summed E-state index contributed by atoms with van der Waals surface area (Å²) in [5.41, 5.74) is 6.73. The van der Waals surface area contributed by atoms with Crippen LogP contribution < -0.4 is 15.8 Å². The third-order valence-electron chi connectivity index (χ3n) is 3.18. The zero-order valence-corrected chi connectivity index (χ0v) is 13.1. The lowest BCUT2D eigenvalue weighted by molar-refractivity contribution is 0.102. The van der Waals surface area contributed by atoms with Crippen LogP contribution in [0.15, 0.2) is 24.7 Å². The second kappa shape index (κ2) is 6.11. The van der Waals surface area contributed by atoms with Gasteiger partial charge in [-0.25, -0.2) is 14.4 Å². The average Bonchev–Trinajstić information content (AvgIpc) is 2.88. The Balaban J connectivity index is 1.92. The molecule has 0 saturated heterocycles. The summed E-state index contributed by atoms with van der Waals surface area (Å²) >= 11 is 0. The van der Waals surface area contributed by atoms with Gasteiger partial charge in [0.1, 0.15) is 5.56 Å². The van der Waals surface area contributed by atoms with E-state index < -0.39 is 11.7 Å². The summed E-state index contributed by atoms with van der Waals surface area (Å²) < 4.78 is 20.9. The summed E-state index contributed by atoms with van der Waals surface area (Å²) in [7, 11) is 0. The minimum absolute atomic E-state index is 0.00338. The van der Waals surface area contributed by atoms with E-state index in [9.17, 15) is 9.18 Å².